The lowest BCUT2D eigenvalue weighted by atomic mass is 9.74. The van der Waals surface area contributed by atoms with Gasteiger partial charge in [-0.3, -0.25) is 4.98 Å². The van der Waals surface area contributed by atoms with Crippen molar-refractivity contribution >= 4 is 0 Å². The van der Waals surface area contributed by atoms with Crippen LogP contribution in [-0.2, 0) is 6.54 Å². The van der Waals surface area contributed by atoms with E-state index in [2.05, 4.69) is 23.3 Å². The van der Waals surface area contributed by atoms with E-state index < -0.39 is 0 Å². The fourth-order valence-corrected chi connectivity index (χ4v) is 2.84. The maximum absolute atomic E-state index is 9.64. The maximum atomic E-state index is 9.64. The number of hydrogen-bond donors (Lipinski definition) is 2. The summed E-state index contributed by atoms with van der Waals surface area (Å²) in [6.07, 6.45) is 7.97. The van der Waals surface area contributed by atoms with Gasteiger partial charge in [-0.1, -0.05) is 25.3 Å². The number of nitrogens with one attached hydrogen (secondary N) is 1. The molecule has 1 heterocycles. The lowest BCUT2D eigenvalue weighted by Crippen LogP contribution is -2.39. The van der Waals surface area contributed by atoms with Gasteiger partial charge < -0.3 is 10.4 Å². The summed E-state index contributed by atoms with van der Waals surface area (Å²) in [7, 11) is 0. The molecule has 1 fully saturated rings. The van der Waals surface area contributed by atoms with Crippen molar-refractivity contribution < 1.29 is 5.11 Å². The average molecular weight is 248 g/mol. The second-order valence-electron chi connectivity index (χ2n) is 5.59. The number of rotatable bonds is 5. The van der Waals surface area contributed by atoms with E-state index in [-0.39, 0.29) is 5.41 Å². The quantitative estimate of drug-likeness (QED) is 0.841. The monoisotopic (exact) mass is 248 g/mol. The topological polar surface area (TPSA) is 45.2 Å². The molecule has 0 radical (unpaired) electrons. The summed E-state index contributed by atoms with van der Waals surface area (Å²) in [4.78, 5) is 4.38. The molecule has 0 saturated heterocycles. The van der Waals surface area contributed by atoms with Gasteiger partial charge in [0, 0.05) is 31.3 Å². The van der Waals surface area contributed by atoms with Gasteiger partial charge in [-0.15, -0.1) is 0 Å². The van der Waals surface area contributed by atoms with E-state index in [1.807, 2.05) is 12.3 Å². The number of hydrogen-bond acceptors (Lipinski definition) is 3. The number of aryl methyl sites for hydroxylation is 1. The van der Waals surface area contributed by atoms with Crippen molar-refractivity contribution in [3.8, 4) is 0 Å². The first-order chi connectivity index (χ1) is 8.76. The molecule has 1 saturated carbocycles. The molecule has 100 valence electrons. The zero-order valence-electron chi connectivity index (χ0n) is 11.3. The standard InChI is InChI=1S/C15H24N2O/c1-13-6-5-9-17-14(13)10-16-11-15(12-18)7-3-2-4-8-15/h5-6,9,16,18H,2-4,7-8,10-12H2,1H3. The van der Waals surface area contributed by atoms with E-state index in [0.717, 1.165) is 31.6 Å². The van der Waals surface area contributed by atoms with Crippen LogP contribution in [0, 0.1) is 12.3 Å². The lowest BCUT2D eigenvalue weighted by molar-refractivity contribution is 0.0809. The van der Waals surface area contributed by atoms with Gasteiger partial charge in [0.1, 0.15) is 0 Å². The molecule has 18 heavy (non-hydrogen) atoms. The highest BCUT2D eigenvalue weighted by Gasteiger charge is 2.30. The van der Waals surface area contributed by atoms with Gasteiger partial charge in [0.2, 0.25) is 0 Å². The highest BCUT2D eigenvalue weighted by molar-refractivity contribution is 5.17. The molecule has 1 aromatic rings. The van der Waals surface area contributed by atoms with Crippen LogP contribution in [0.15, 0.2) is 18.3 Å². The predicted octanol–water partition coefficient (Wildman–Crippen LogP) is 2.42. The lowest BCUT2D eigenvalue weighted by Gasteiger charge is -2.35. The van der Waals surface area contributed by atoms with Crippen LogP contribution in [0.2, 0.25) is 0 Å². The molecule has 0 aliphatic heterocycles. The normalized spacial score (nSPS) is 18.8. The maximum Gasteiger partial charge on any atom is 0.0570 e. The van der Waals surface area contributed by atoms with E-state index in [9.17, 15) is 5.11 Å². The summed E-state index contributed by atoms with van der Waals surface area (Å²) < 4.78 is 0. The number of aliphatic hydroxyl groups excluding tert-OH is 1. The first-order valence-electron chi connectivity index (χ1n) is 6.98. The van der Waals surface area contributed by atoms with Crippen LogP contribution in [-0.4, -0.2) is 23.2 Å². The molecule has 0 unspecified atom stereocenters. The van der Waals surface area contributed by atoms with Crippen molar-refractivity contribution in [2.45, 2.75) is 45.6 Å². The summed E-state index contributed by atoms with van der Waals surface area (Å²) in [6, 6.07) is 4.06. The van der Waals surface area contributed by atoms with E-state index in [1.165, 1.54) is 24.8 Å². The fraction of sp³-hybridized carbons (Fsp3) is 0.667. The molecule has 1 aliphatic carbocycles. The van der Waals surface area contributed by atoms with Gasteiger partial charge in [-0.2, -0.15) is 0 Å². The van der Waals surface area contributed by atoms with Crippen LogP contribution >= 0.6 is 0 Å². The molecule has 0 aromatic carbocycles. The largest absolute Gasteiger partial charge is 0.396 e. The highest BCUT2D eigenvalue weighted by atomic mass is 16.3. The number of nitrogens with zero attached hydrogens (tertiary/aromatic N) is 1. The third kappa shape index (κ3) is 3.30. The number of aliphatic hydroxyl groups is 1. The van der Waals surface area contributed by atoms with Gasteiger partial charge in [-0.25, -0.2) is 0 Å². The Hall–Kier alpha value is -0.930. The van der Waals surface area contributed by atoms with Crippen LogP contribution in [0.1, 0.15) is 43.4 Å². The van der Waals surface area contributed by atoms with Crippen molar-refractivity contribution in [3.63, 3.8) is 0 Å². The van der Waals surface area contributed by atoms with Gasteiger partial charge in [0.15, 0.2) is 0 Å². The zero-order chi connectivity index (χ0) is 12.8. The Balaban J connectivity index is 1.85. The first kappa shape index (κ1) is 13.5. The average Bonchev–Trinajstić information content (AvgIpc) is 2.42. The minimum atomic E-state index is 0.112. The van der Waals surface area contributed by atoms with Crippen LogP contribution in [0.5, 0.6) is 0 Å². The van der Waals surface area contributed by atoms with Crippen LogP contribution in [0.3, 0.4) is 0 Å². The summed E-state index contributed by atoms with van der Waals surface area (Å²) in [6.45, 7) is 4.10. The molecule has 1 aromatic heterocycles. The van der Waals surface area contributed by atoms with Crippen molar-refractivity contribution in [3.05, 3.63) is 29.6 Å². The van der Waals surface area contributed by atoms with Gasteiger partial charge in [0.25, 0.3) is 0 Å². The Morgan fingerprint density at radius 2 is 2.11 bits per heavy atom. The Labute approximate surface area is 110 Å². The predicted molar refractivity (Wildman–Crippen MR) is 73.3 cm³/mol. The Kier molecular flexibility index (Phi) is 4.72. The summed E-state index contributed by atoms with van der Waals surface area (Å²) in [5.74, 6) is 0. The third-order valence-corrected chi connectivity index (χ3v) is 4.16. The minimum absolute atomic E-state index is 0.112. The SMILES string of the molecule is Cc1cccnc1CNCC1(CO)CCCCC1. The molecule has 1 aliphatic rings. The molecule has 0 atom stereocenters. The Morgan fingerprint density at radius 3 is 2.78 bits per heavy atom. The van der Waals surface area contributed by atoms with E-state index in [0.29, 0.717) is 6.61 Å². The van der Waals surface area contributed by atoms with E-state index in [1.54, 1.807) is 0 Å². The zero-order valence-corrected chi connectivity index (χ0v) is 11.3. The molecule has 0 spiro atoms. The second kappa shape index (κ2) is 6.30. The van der Waals surface area contributed by atoms with E-state index >= 15 is 0 Å². The molecular formula is C15H24N2O. The van der Waals surface area contributed by atoms with Crippen LogP contribution < -0.4 is 5.32 Å². The first-order valence-corrected chi connectivity index (χ1v) is 6.98. The van der Waals surface area contributed by atoms with Crippen molar-refractivity contribution in [1.29, 1.82) is 0 Å². The van der Waals surface area contributed by atoms with Crippen LogP contribution in [0.4, 0.5) is 0 Å². The minimum Gasteiger partial charge on any atom is -0.396 e. The number of pyridine rings is 1. The van der Waals surface area contributed by atoms with Crippen molar-refractivity contribution in [2.75, 3.05) is 13.2 Å². The highest BCUT2D eigenvalue weighted by Crippen LogP contribution is 2.35. The molecule has 2 rings (SSSR count). The van der Waals surface area contributed by atoms with Gasteiger partial charge in [-0.05, 0) is 31.4 Å². The fourth-order valence-electron chi connectivity index (χ4n) is 2.84. The Morgan fingerprint density at radius 1 is 1.33 bits per heavy atom. The molecule has 0 bridgehead atoms. The molecule has 0 amide bonds. The van der Waals surface area contributed by atoms with Gasteiger partial charge in [0.05, 0.1) is 5.69 Å². The summed E-state index contributed by atoms with van der Waals surface area (Å²) in [5.41, 5.74) is 2.45. The number of aromatic nitrogens is 1. The molecule has 2 N–H and O–H groups in total. The van der Waals surface area contributed by atoms with Crippen molar-refractivity contribution in [2.24, 2.45) is 5.41 Å². The summed E-state index contributed by atoms with van der Waals surface area (Å²) in [5, 5.41) is 13.1. The van der Waals surface area contributed by atoms with Gasteiger partial charge >= 0.3 is 0 Å². The Bertz CT molecular complexity index is 373. The smallest absolute Gasteiger partial charge is 0.0570 e. The molecule has 3 nitrogen and oxygen atoms in total. The molecule has 3 heteroatoms. The third-order valence-electron chi connectivity index (χ3n) is 4.16. The van der Waals surface area contributed by atoms with E-state index in [4.69, 9.17) is 0 Å². The molecular weight excluding hydrogens is 224 g/mol. The van der Waals surface area contributed by atoms with Crippen LogP contribution in [0.25, 0.3) is 0 Å². The second-order valence-corrected chi connectivity index (χ2v) is 5.59. The van der Waals surface area contributed by atoms with Crippen molar-refractivity contribution in [1.82, 2.24) is 10.3 Å². The summed E-state index contributed by atoms with van der Waals surface area (Å²) >= 11 is 0.